The minimum atomic E-state index is -0.333. The van der Waals surface area contributed by atoms with Crippen LogP contribution in [0.5, 0.6) is 0 Å². The minimum Gasteiger partial charge on any atom is -0.372 e. The second-order valence-corrected chi connectivity index (χ2v) is 4.63. The van der Waals surface area contributed by atoms with Gasteiger partial charge in [0.05, 0.1) is 0 Å². The average molecular weight is 212 g/mol. The molecule has 86 valence electrons. The topological polar surface area (TPSA) is 41.6 Å². The molecular weight excluding hydrogens is 192 g/mol. The first-order valence-corrected chi connectivity index (χ1v) is 5.76. The van der Waals surface area contributed by atoms with E-state index in [9.17, 15) is 4.79 Å². The van der Waals surface area contributed by atoms with Gasteiger partial charge < -0.3 is 15.0 Å². The average Bonchev–Trinajstić information content (AvgIpc) is 2.29. The van der Waals surface area contributed by atoms with E-state index in [1.54, 1.807) is 14.0 Å². The third kappa shape index (κ3) is 2.32. The van der Waals surface area contributed by atoms with Crippen molar-refractivity contribution in [3.8, 4) is 0 Å². The molecule has 3 saturated heterocycles. The monoisotopic (exact) mass is 212 g/mol. The molecule has 15 heavy (non-hydrogen) atoms. The van der Waals surface area contributed by atoms with Crippen molar-refractivity contribution in [2.24, 2.45) is 5.92 Å². The Morgan fingerprint density at radius 3 is 2.60 bits per heavy atom. The Morgan fingerprint density at radius 1 is 1.47 bits per heavy atom. The summed E-state index contributed by atoms with van der Waals surface area (Å²) < 4.78 is 5.01. The van der Waals surface area contributed by atoms with Gasteiger partial charge in [-0.1, -0.05) is 0 Å². The van der Waals surface area contributed by atoms with Crippen LogP contribution in [-0.2, 0) is 9.53 Å². The van der Waals surface area contributed by atoms with Gasteiger partial charge in [-0.2, -0.15) is 0 Å². The van der Waals surface area contributed by atoms with Gasteiger partial charge in [-0.15, -0.1) is 0 Å². The summed E-state index contributed by atoms with van der Waals surface area (Å²) in [4.78, 5) is 14.1. The van der Waals surface area contributed by atoms with Crippen LogP contribution >= 0.6 is 0 Å². The lowest BCUT2D eigenvalue weighted by Crippen LogP contribution is -2.58. The summed E-state index contributed by atoms with van der Waals surface area (Å²) in [5.74, 6) is 0.708. The van der Waals surface area contributed by atoms with Crippen molar-refractivity contribution >= 4 is 5.91 Å². The number of rotatable bonds is 3. The van der Waals surface area contributed by atoms with Gasteiger partial charge in [-0.3, -0.25) is 4.79 Å². The fourth-order valence-electron chi connectivity index (χ4n) is 2.54. The number of ether oxygens (including phenoxy) is 1. The summed E-state index contributed by atoms with van der Waals surface area (Å²) in [5, 5.41) is 3.10. The first-order chi connectivity index (χ1) is 7.20. The largest absolute Gasteiger partial charge is 0.372 e. The Bertz CT molecular complexity index is 237. The molecule has 0 spiro atoms. The number of nitrogens with zero attached hydrogens (tertiary/aromatic N) is 1. The molecule has 0 saturated carbocycles. The Balaban J connectivity index is 1.87. The third-order valence-electron chi connectivity index (χ3n) is 3.71. The summed E-state index contributed by atoms with van der Waals surface area (Å²) >= 11 is 0. The lowest BCUT2D eigenvalue weighted by molar-refractivity contribution is -0.132. The zero-order valence-electron chi connectivity index (χ0n) is 9.53. The molecule has 0 aromatic carbocycles. The summed E-state index contributed by atoms with van der Waals surface area (Å²) in [6, 6.07) is 0.345. The minimum absolute atomic E-state index is 0.0243. The maximum Gasteiger partial charge on any atom is 0.249 e. The van der Waals surface area contributed by atoms with Gasteiger partial charge in [0.15, 0.2) is 0 Å². The molecule has 3 aliphatic heterocycles. The second kappa shape index (κ2) is 4.49. The molecule has 4 nitrogen and oxygen atoms in total. The van der Waals surface area contributed by atoms with Crippen LogP contribution in [0.2, 0.25) is 0 Å². The Labute approximate surface area is 91.0 Å². The third-order valence-corrected chi connectivity index (χ3v) is 3.71. The molecular formula is C11H20N2O2. The molecule has 0 aliphatic carbocycles. The van der Waals surface area contributed by atoms with Crippen LogP contribution < -0.4 is 5.32 Å². The highest BCUT2D eigenvalue weighted by Gasteiger charge is 2.35. The van der Waals surface area contributed by atoms with Gasteiger partial charge in [0.2, 0.25) is 5.91 Å². The van der Waals surface area contributed by atoms with Crippen LogP contribution in [0, 0.1) is 5.92 Å². The lowest BCUT2D eigenvalue weighted by Gasteiger charge is -2.45. The van der Waals surface area contributed by atoms with Gasteiger partial charge in [-0.25, -0.2) is 0 Å². The zero-order chi connectivity index (χ0) is 10.8. The Kier molecular flexibility index (Phi) is 3.26. The van der Waals surface area contributed by atoms with Crippen LogP contribution in [0.25, 0.3) is 0 Å². The molecule has 3 fully saturated rings. The summed E-state index contributed by atoms with van der Waals surface area (Å²) in [6.07, 6.45) is 2.12. The van der Waals surface area contributed by atoms with Crippen molar-refractivity contribution in [3.05, 3.63) is 0 Å². The number of hydrogen-bond donors (Lipinski definition) is 1. The van der Waals surface area contributed by atoms with Gasteiger partial charge in [-0.05, 0) is 38.8 Å². The SMILES string of the molecule is COC(C)C(=O)NC1CN2CCC1CC2. The molecule has 2 atom stereocenters. The molecule has 3 rings (SSSR count). The quantitative estimate of drug-likeness (QED) is 0.728. The normalized spacial score (nSPS) is 36.3. The van der Waals surface area contributed by atoms with Crippen LogP contribution in [0.15, 0.2) is 0 Å². The molecule has 1 amide bonds. The second-order valence-electron chi connectivity index (χ2n) is 4.63. The maximum atomic E-state index is 11.7. The number of hydrogen-bond acceptors (Lipinski definition) is 3. The van der Waals surface area contributed by atoms with Crippen molar-refractivity contribution in [1.82, 2.24) is 10.2 Å². The number of piperidine rings is 3. The molecule has 0 aromatic rings. The van der Waals surface area contributed by atoms with Crippen LogP contribution in [-0.4, -0.2) is 49.7 Å². The van der Waals surface area contributed by atoms with Crippen molar-refractivity contribution in [2.45, 2.75) is 31.9 Å². The fourth-order valence-corrected chi connectivity index (χ4v) is 2.54. The first-order valence-electron chi connectivity index (χ1n) is 5.76. The predicted octanol–water partition coefficient (Wildman–Crippen LogP) is 0.232. The van der Waals surface area contributed by atoms with Crippen molar-refractivity contribution in [1.29, 1.82) is 0 Å². The Morgan fingerprint density at radius 2 is 2.13 bits per heavy atom. The highest BCUT2D eigenvalue weighted by molar-refractivity contribution is 5.80. The standard InChI is InChI=1S/C11H20N2O2/c1-8(15-2)11(14)12-10-7-13-5-3-9(10)4-6-13/h8-10H,3-7H2,1-2H3,(H,12,14). The van der Waals surface area contributed by atoms with Gasteiger partial charge in [0.25, 0.3) is 0 Å². The number of fused-ring (bicyclic) bond motifs is 3. The molecule has 0 aromatic heterocycles. The van der Waals surface area contributed by atoms with E-state index in [0.29, 0.717) is 12.0 Å². The predicted molar refractivity (Wildman–Crippen MR) is 57.6 cm³/mol. The van der Waals surface area contributed by atoms with E-state index in [2.05, 4.69) is 10.2 Å². The van der Waals surface area contributed by atoms with Gasteiger partial charge in [0.1, 0.15) is 6.10 Å². The maximum absolute atomic E-state index is 11.7. The lowest BCUT2D eigenvalue weighted by atomic mass is 9.84. The summed E-state index contributed by atoms with van der Waals surface area (Å²) in [6.45, 7) is 5.22. The highest BCUT2D eigenvalue weighted by Crippen LogP contribution is 2.27. The molecule has 3 aliphatic rings. The van der Waals surface area contributed by atoms with E-state index in [4.69, 9.17) is 4.74 Å². The molecule has 3 heterocycles. The zero-order valence-corrected chi connectivity index (χ0v) is 9.53. The molecule has 2 bridgehead atoms. The fraction of sp³-hybridized carbons (Fsp3) is 0.909. The van der Waals surface area contributed by atoms with Crippen molar-refractivity contribution < 1.29 is 9.53 Å². The number of nitrogens with one attached hydrogen (secondary N) is 1. The number of carbonyl (C=O) groups is 1. The Hall–Kier alpha value is -0.610. The van der Waals surface area contributed by atoms with E-state index in [-0.39, 0.29) is 12.0 Å². The number of methoxy groups -OCH3 is 1. The van der Waals surface area contributed by atoms with Crippen LogP contribution in [0.3, 0.4) is 0 Å². The summed E-state index contributed by atoms with van der Waals surface area (Å²) in [5.41, 5.74) is 0. The van der Waals surface area contributed by atoms with E-state index in [1.807, 2.05) is 0 Å². The number of amides is 1. The van der Waals surface area contributed by atoms with Gasteiger partial charge >= 0.3 is 0 Å². The summed E-state index contributed by atoms with van der Waals surface area (Å²) in [7, 11) is 1.57. The smallest absolute Gasteiger partial charge is 0.249 e. The van der Waals surface area contributed by atoms with E-state index < -0.39 is 0 Å². The molecule has 4 heteroatoms. The van der Waals surface area contributed by atoms with Crippen LogP contribution in [0.4, 0.5) is 0 Å². The van der Waals surface area contributed by atoms with Crippen molar-refractivity contribution in [2.75, 3.05) is 26.7 Å². The van der Waals surface area contributed by atoms with E-state index in [0.717, 1.165) is 6.54 Å². The molecule has 1 N–H and O–H groups in total. The van der Waals surface area contributed by atoms with E-state index >= 15 is 0 Å². The van der Waals surface area contributed by atoms with Crippen molar-refractivity contribution in [3.63, 3.8) is 0 Å². The first kappa shape index (κ1) is 10.9. The van der Waals surface area contributed by atoms with Crippen LogP contribution in [0.1, 0.15) is 19.8 Å². The van der Waals surface area contributed by atoms with E-state index in [1.165, 1.54) is 25.9 Å². The molecule has 0 radical (unpaired) electrons. The molecule has 2 unspecified atom stereocenters. The van der Waals surface area contributed by atoms with Gasteiger partial charge in [0, 0.05) is 19.7 Å². The highest BCUT2D eigenvalue weighted by atomic mass is 16.5. The number of carbonyl (C=O) groups excluding carboxylic acids is 1.